The van der Waals surface area contributed by atoms with Gasteiger partial charge in [0.2, 0.25) is 10.0 Å². The minimum Gasteiger partial charge on any atom is -0.491 e. The lowest BCUT2D eigenvalue weighted by Crippen LogP contribution is -2.25. The standard InChI is InChI=1S/C12H16F3NO4S/c13-12(14,15)6-1-7-16-21(18,19)11-4-2-10(3-5-11)20-9-8-17/h2-5,16-17H,1,6-9H2. The van der Waals surface area contributed by atoms with Crippen LogP contribution in [-0.2, 0) is 10.0 Å². The van der Waals surface area contributed by atoms with E-state index in [-0.39, 0.29) is 31.1 Å². The number of aliphatic hydroxyl groups is 1. The van der Waals surface area contributed by atoms with Crippen LogP contribution < -0.4 is 9.46 Å². The first-order chi connectivity index (χ1) is 9.74. The lowest BCUT2D eigenvalue weighted by Gasteiger charge is -2.09. The molecule has 0 aliphatic rings. The van der Waals surface area contributed by atoms with Crippen LogP contribution in [0.5, 0.6) is 5.75 Å². The molecule has 0 atom stereocenters. The molecule has 1 rings (SSSR count). The van der Waals surface area contributed by atoms with Crippen LogP contribution in [0.4, 0.5) is 13.2 Å². The molecule has 1 aromatic rings. The Morgan fingerprint density at radius 3 is 2.33 bits per heavy atom. The Bertz CT molecular complexity index is 528. The van der Waals surface area contributed by atoms with Gasteiger partial charge in [0.25, 0.3) is 0 Å². The minimum atomic E-state index is -4.29. The van der Waals surface area contributed by atoms with Gasteiger partial charge in [0.1, 0.15) is 12.4 Å². The molecule has 0 aromatic heterocycles. The molecule has 0 saturated carbocycles. The van der Waals surface area contributed by atoms with Gasteiger partial charge >= 0.3 is 6.18 Å². The van der Waals surface area contributed by atoms with Crippen LogP contribution in [0, 0.1) is 0 Å². The largest absolute Gasteiger partial charge is 0.491 e. The van der Waals surface area contributed by atoms with Gasteiger partial charge in [-0.25, -0.2) is 13.1 Å². The van der Waals surface area contributed by atoms with Gasteiger partial charge in [0.15, 0.2) is 0 Å². The summed E-state index contributed by atoms with van der Waals surface area (Å²) in [5.74, 6) is 0.389. The maximum Gasteiger partial charge on any atom is 0.389 e. The smallest absolute Gasteiger partial charge is 0.389 e. The molecule has 0 radical (unpaired) electrons. The van der Waals surface area contributed by atoms with Crippen molar-refractivity contribution in [3.63, 3.8) is 0 Å². The minimum absolute atomic E-state index is 0.0640. The zero-order valence-electron chi connectivity index (χ0n) is 11.1. The van der Waals surface area contributed by atoms with Gasteiger partial charge in [-0.1, -0.05) is 0 Å². The van der Waals surface area contributed by atoms with E-state index in [2.05, 4.69) is 4.72 Å². The number of halogens is 3. The molecule has 2 N–H and O–H groups in total. The first-order valence-electron chi connectivity index (χ1n) is 6.15. The average Bonchev–Trinajstić information content (AvgIpc) is 2.41. The Morgan fingerprint density at radius 2 is 1.81 bits per heavy atom. The van der Waals surface area contributed by atoms with Gasteiger partial charge in [-0.15, -0.1) is 0 Å². The van der Waals surface area contributed by atoms with Gasteiger partial charge in [-0.3, -0.25) is 0 Å². The number of aliphatic hydroxyl groups excluding tert-OH is 1. The van der Waals surface area contributed by atoms with Crippen LogP contribution in [0.15, 0.2) is 29.2 Å². The number of rotatable bonds is 8. The van der Waals surface area contributed by atoms with Crippen molar-refractivity contribution in [2.24, 2.45) is 0 Å². The van der Waals surface area contributed by atoms with Crippen molar-refractivity contribution >= 4 is 10.0 Å². The fourth-order valence-corrected chi connectivity index (χ4v) is 2.53. The number of hydrogen-bond acceptors (Lipinski definition) is 4. The molecule has 0 heterocycles. The Balaban J connectivity index is 2.54. The molecule has 5 nitrogen and oxygen atoms in total. The van der Waals surface area contributed by atoms with Crippen LogP contribution in [0.1, 0.15) is 12.8 Å². The van der Waals surface area contributed by atoms with E-state index in [0.29, 0.717) is 5.75 Å². The zero-order valence-corrected chi connectivity index (χ0v) is 11.9. The topological polar surface area (TPSA) is 75.6 Å². The maximum absolute atomic E-state index is 11.9. The van der Waals surface area contributed by atoms with E-state index < -0.39 is 22.6 Å². The third-order valence-corrected chi connectivity index (χ3v) is 3.90. The summed E-state index contributed by atoms with van der Waals surface area (Å²) < 4.78 is 66.6. The number of benzene rings is 1. The molecule has 120 valence electrons. The van der Waals surface area contributed by atoms with E-state index in [1.807, 2.05) is 0 Å². The number of hydrogen-bond donors (Lipinski definition) is 2. The van der Waals surface area contributed by atoms with Gasteiger partial charge < -0.3 is 9.84 Å². The maximum atomic E-state index is 11.9. The van der Waals surface area contributed by atoms with Crippen molar-refractivity contribution in [3.05, 3.63) is 24.3 Å². The highest BCUT2D eigenvalue weighted by molar-refractivity contribution is 7.89. The van der Waals surface area contributed by atoms with Crippen molar-refractivity contribution in [1.29, 1.82) is 0 Å². The molecule has 0 fully saturated rings. The second-order valence-corrected chi connectivity index (χ2v) is 5.93. The summed E-state index contributed by atoms with van der Waals surface area (Å²) in [5.41, 5.74) is 0. The summed E-state index contributed by atoms with van der Waals surface area (Å²) in [5, 5.41) is 8.58. The van der Waals surface area contributed by atoms with Crippen molar-refractivity contribution in [2.75, 3.05) is 19.8 Å². The quantitative estimate of drug-likeness (QED) is 0.712. The summed E-state index contributed by atoms with van der Waals surface area (Å²) in [7, 11) is -3.84. The van der Waals surface area contributed by atoms with E-state index in [9.17, 15) is 21.6 Å². The average molecular weight is 327 g/mol. The summed E-state index contributed by atoms with van der Waals surface area (Å²) in [6.45, 7) is -0.368. The van der Waals surface area contributed by atoms with Gasteiger partial charge in [-0.2, -0.15) is 13.2 Å². The highest BCUT2D eigenvalue weighted by Crippen LogP contribution is 2.21. The SMILES string of the molecule is O=S(=O)(NCCCC(F)(F)F)c1ccc(OCCO)cc1. The second kappa shape index (κ2) is 7.62. The third kappa shape index (κ3) is 6.78. The normalized spacial score (nSPS) is 12.4. The Kier molecular flexibility index (Phi) is 6.43. The Morgan fingerprint density at radius 1 is 1.19 bits per heavy atom. The summed E-state index contributed by atoms with van der Waals surface area (Å²) >= 11 is 0. The third-order valence-electron chi connectivity index (χ3n) is 2.42. The lowest BCUT2D eigenvalue weighted by atomic mass is 10.3. The number of nitrogens with one attached hydrogen (secondary N) is 1. The van der Waals surface area contributed by atoms with Crippen LogP contribution >= 0.6 is 0 Å². The number of alkyl halides is 3. The van der Waals surface area contributed by atoms with Crippen molar-refractivity contribution in [2.45, 2.75) is 23.9 Å². The number of sulfonamides is 1. The monoisotopic (exact) mass is 327 g/mol. The number of ether oxygens (including phenoxy) is 1. The molecular weight excluding hydrogens is 311 g/mol. The summed E-state index contributed by atoms with van der Waals surface area (Å²) in [6, 6.07) is 5.36. The predicted molar refractivity (Wildman–Crippen MR) is 69.5 cm³/mol. The van der Waals surface area contributed by atoms with Gasteiger partial charge in [-0.05, 0) is 30.7 Å². The molecule has 0 unspecified atom stereocenters. The highest BCUT2D eigenvalue weighted by Gasteiger charge is 2.26. The molecule has 0 spiro atoms. The fraction of sp³-hybridized carbons (Fsp3) is 0.500. The van der Waals surface area contributed by atoms with E-state index in [1.165, 1.54) is 24.3 Å². The van der Waals surface area contributed by atoms with Crippen molar-refractivity contribution in [3.8, 4) is 5.75 Å². The first-order valence-corrected chi connectivity index (χ1v) is 7.63. The van der Waals surface area contributed by atoms with Crippen molar-refractivity contribution in [1.82, 2.24) is 4.72 Å². The van der Waals surface area contributed by atoms with Crippen LogP contribution in [0.25, 0.3) is 0 Å². The zero-order chi connectivity index (χ0) is 15.9. The predicted octanol–water partition coefficient (Wildman–Crippen LogP) is 1.68. The van der Waals surface area contributed by atoms with E-state index in [4.69, 9.17) is 9.84 Å². The van der Waals surface area contributed by atoms with E-state index in [1.54, 1.807) is 0 Å². The Hall–Kier alpha value is -1.32. The molecule has 21 heavy (non-hydrogen) atoms. The van der Waals surface area contributed by atoms with Crippen LogP contribution in [-0.4, -0.2) is 39.5 Å². The van der Waals surface area contributed by atoms with Gasteiger partial charge in [0, 0.05) is 13.0 Å². The molecule has 0 amide bonds. The Labute approximate surface area is 120 Å². The van der Waals surface area contributed by atoms with Crippen LogP contribution in [0.2, 0.25) is 0 Å². The molecule has 9 heteroatoms. The molecule has 0 aliphatic heterocycles. The fourth-order valence-electron chi connectivity index (χ4n) is 1.46. The molecule has 1 aromatic carbocycles. The molecular formula is C12H16F3NO4S. The van der Waals surface area contributed by atoms with E-state index in [0.717, 1.165) is 0 Å². The van der Waals surface area contributed by atoms with Crippen molar-refractivity contribution < 1.29 is 31.4 Å². The first kappa shape index (κ1) is 17.7. The van der Waals surface area contributed by atoms with Gasteiger partial charge in [0.05, 0.1) is 11.5 Å². The van der Waals surface area contributed by atoms with E-state index >= 15 is 0 Å². The molecule has 0 bridgehead atoms. The highest BCUT2D eigenvalue weighted by atomic mass is 32.2. The lowest BCUT2D eigenvalue weighted by molar-refractivity contribution is -0.135. The summed E-state index contributed by atoms with van der Waals surface area (Å²) in [6.07, 6.45) is -5.65. The summed E-state index contributed by atoms with van der Waals surface area (Å²) in [4.78, 5) is -0.0640. The molecule has 0 saturated heterocycles. The second-order valence-electron chi connectivity index (χ2n) is 4.16. The molecule has 0 aliphatic carbocycles. The van der Waals surface area contributed by atoms with Crippen LogP contribution in [0.3, 0.4) is 0 Å².